The molecule has 0 radical (unpaired) electrons. The Morgan fingerprint density at radius 2 is 1.88 bits per heavy atom. The summed E-state index contributed by atoms with van der Waals surface area (Å²) in [5, 5.41) is 0. The van der Waals surface area contributed by atoms with Crippen molar-refractivity contribution < 1.29 is 13.9 Å². The van der Waals surface area contributed by atoms with Gasteiger partial charge in [-0.2, -0.15) is 0 Å². The fourth-order valence-electron chi connectivity index (χ4n) is 4.30. The fraction of sp³-hybridized carbons (Fsp3) is 0.350. The van der Waals surface area contributed by atoms with Crippen LogP contribution in [-0.4, -0.2) is 5.91 Å². The van der Waals surface area contributed by atoms with Crippen LogP contribution in [-0.2, 0) is 0 Å². The Hall–Kier alpha value is -2.36. The van der Waals surface area contributed by atoms with Gasteiger partial charge >= 0.3 is 0 Å². The fourth-order valence-corrected chi connectivity index (χ4v) is 4.30. The molecular weight excluding hydrogens is 305 g/mol. The van der Waals surface area contributed by atoms with Gasteiger partial charge in [-0.15, -0.1) is 0 Å². The van der Waals surface area contributed by atoms with E-state index in [-0.39, 0.29) is 11.3 Å². The van der Waals surface area contributed by atoms with Crippen molar-refractivity contribution in [2.75, 3.05) is 0 Å². The predicted octanol–water partition coefficient (Wildman–Crippen LogP) is 4.62. The highest BCUT2D eigenvalue weighted by atomic mass is 19.1. The Kier molecular flexibility index (Phi) is 3.75. The Morgan fingerprint density at radius 3 is 2.46 bits per heavy atom. The standard InChI is InChI=1S/C20H20FNO2/c21-18-11-15(20(22)23)5-8-19(18)24-16-6-3-13(4-7-16)17-10-12-1-2-14(17)9-12/h3-8,11-12,14,17H,1-2,9-10H2,(H2,22,23)/t12-,14+,17?/m1/s1. The smallest absolute Gasteiger partial charge is 0.248 e. The van der Waals surface area contributed by atoms with E-state index in [0.717, 1.165) is 17.9 Å². The third-order valence-corrected chi connectivity index (χ3v) is 5.49. The maximum atomic E-state index is 14.0. The van der Waals surface area contributed by atoms with Crippen LogP contribution >= 0.6 is 0 Å². The summed E-state index contributed by atoms with van der Waals surface area (Å²) in [6.07, 6.45) is 5.42. The number of ether oxygens (including phenoxy) is 1. The van der Waals surface area contributed by atoms with Gasteiger partial charge in [0, 0.05) is 5.56 Å². The highest BCUT2D eigenvalue weighted by Crippen LogP contribution is 2.52. The van der Waals surface area contributed by atoms with Crippen LogP contribution in [0, 0.1) is 17.7 Å². The van der Waals surface area contributed by atoms with Gasteiger partial charge in [0.05, 0.1) is 0 Å². The highest BCUT2D eigenvalue weighted by Gasteiger charge is 2.39. The second-order valence-electron chi connectivity index (χ2n) is 6.96. The zero-order valence-electron chi connectivity index (χ0n) is 13.4. The third kappa shape index (κ3) is 2.77. The molecule has 4 rings (SSSR count). The van der Waals surface area contributed by atoms with E-state index in [4.69, 9.17) is 10.5 Å². The summed E-state index contributed by atoms with van der Waals surface area (Å²) in [4.78, 5) is 11.1. The number of halogens is 1. The molecule has 2 aromatic rings. The molecule has 124 valence electrons. The van der Waals surface area contributed by atoms with Crippen molar-refractivity contribution in [3.05, 3.63) is 59.4 Å². The molecule has 4 heteroatoms. The van der Waals surface area contributed by atoms with Crippen LogP contribution in [0.2, 0.25) is 0 Å². The van der Waals surface area contributed by atoms with Gasteiger partial charge in [0.15, 0.2) is 11.6 Å². The Morgan fingerprint density at radius 1 is 1.08 bits per heavy atom. The number of hydrogen-bond donors (Lipinski definition) is 1. The first-order chi connectivity index (χ1) is 11.6. The van der Waals surface area contributed by atoms with Crippen molar-refractivity contribution in [3.63, 3.8) is 0 Å². The number of carbonyl (C=O) groups is 1. The van der Waals surface area contributed by atoms with E-state index in [1.54, 1.807) is 0 Å². The first kappa shape index (κ1) is 15.2. The van der Waals surface area contributed by atoms with Gasteiger partial charge in [0.2, 0.25) is 5.91 Å². The zero-order valence-corrected chi connectivity index (χ0v) is 13.4. The summed E-state index contributed by atoms with van der Waals surface area (Å²) in [6.45, 7) is 0. The van der Waals surface area contributed by atoms with E-state index in [1.807, 2.05) is 12.1 Å². The maximum absolute atomic E-state index is 14.0. The molecule has 0 aliphatic heterocycles. The molecule has 2 saturated carbocycles. The summed E-state index contributed by atoms with van der Waals surface area (Å²) < 4.78 is 19.6. The van der Waals surface area contributed by atoms with Gasteiger partial charge in [-0.1, -0.05) is 18.6 Å². The molecule has 1 unspecified atom stereocenters. The number of primary amides is 1. The molecule has 2 bridgehead atoms. The van der Waals surface area contributed by atoms with Crippen LogP contribution < -0.4 is 10.5 Å². The first-order valence-corrected chi connectivity index (χ1v) is 8.47. The minimum absolute atomic E-state index is 0.0904. The summed E-state index contributed by atoms with van der Waals surface area (Å²) in [6, 6.07) is 12.0. The lowest BCUT2D eigenvalue weighted by molar-refractivity contribution is 0.1000. The van der Waals surface area contributed by atoms with Gasteiger partial charge in [-0.05, 0) is 72.9 Å². The lowest BCUT2D eigenvalue weighted by atomic mass is 9.83. The SMILES string of the molecule is NC(=O)c1ccc(Oc2ccc(C3C[C@@H]4CC[C@H]3C4)cc2)c(F)c1. The van der Waals surface area contributed by atoms with E-state index >= 15 is 0 Å². The van der Waals surface area contributed by atoms with Gasteiger partial charge in [0.25, 0.3) is 0 Å². The summed E-state index contributed by atoms with van der Waals surface area (Å²) >= 11 is 0. The van der Waals surface area contributed by atoms with Crippen LogP contribution in [0.25, 0.3) is 0 Å². The van der Waals surface area contributed by atoms with Crippen molar-refractivity contribution in [1.29, 1.82) is 0 Å². The molecule has 2 aromatic carbocycles. The number of hydrogen-bond acceptors (Lipinski definition) is 2. The maximum Gasteiger partial charge on any atom is 0.248 e. The molecule has 0 spiro atoms. The summed E-state index contributed by atoms with van der Waals surface area (Å²) in [5.41, 5.74) is 6.63. The molecule has 2 aliphatic carbocycles. The quantitative estimate of drug-likeness (QED) is 0.891. The molecule has 2 N–H and O–H groups in total. The van der Waals surface area contributed by atoms with Crippen molar-refractivity contribution in [3.8, 4) is 11.5 Å². The average Bonchev–Trinajstić information content (AvgIpc) is 3.20. The van der Waals surface area contributed by atoms with Crippen molar-refractivity contribution in [2.24, 2.45) is 17.6 Å². The normalized spacial score (nSPS) is 25.0. The molecule has 0 heterocycles. The number of nitrogens with two attached hydrogens (primary N) is 1. The second-order valence-corrected chi connectivity index (χ2v) is 6.96. The molecule has 1 amide bonds. The number of amides is 1. The minimum Gasteiger partial charge on any atom is -0.454 e. The Balaban J connectivity index is 1.48. The van der Waals surface area contributed by atoms with E-state index in [2.05, 4.69) is 12.1 Å². The van der Waals surface area contributed by atoms with Gasteiger partial charge in [-0.25, -0.2) is 4.39 Å². The molecule has 2 aliphatic rings. The van der Waals surface area contributed by atoms with Crippen LogP contribution in [0.4, 0.5) is 4.39 Å². The zero-order chi connectivity index (χ0) is 16.7. The van der Waals surface area contributed by atoms with E-state index in [0.29, 0.717) is 11.7 Å². The van der Waals surface area contributed by atoms with Crippen LogP contribution in [0.3, 0.4) is 0 Å². The second kappa shape index (κ2) is 5.93. The molecule has 24 heavy (non-hydrogen) atoms. The molecule has 0 aromatic heterocycles. The molecule has 2 fully saturated rings. The average molecular weight is 325 g/mol. The lowest BCUT2D eigenvalue weighted by Crippen LogP contribution is -2.11. The van der Waals surface area contributed by atoms with Crippen LogP contribution in [0.5, 0.6) is 11.5 Å². The highest BCUT2D eigenvalue weighted by molar-refractivity contribution is 5.92. The topological polar surface area (TPSA) is 52.3 Å². The van der Waals surface area contributed by atoms with Crippen LogP contribution in [0.15, 0.2) is 42.5 Å². The number of fused-ring (bicyclic) bond motifs is 2. The number of carbonyl (C=O) groups excluding carboxylic acids is 1. The predicted molar refractivity (Wildman–Crippen MR) is 89.6 cm³/mol. The largest absolute Gasteiger partial charge is 0.454 e. The van der Waals surface area contributed by atoms with Crippen molar-refractivity contribution in [2.45, 2.75) is 31.6 Å². The lowest BCUT2D eigenvalue weighted by Gasteiger charge is -2.22. The van der Waals surface area contributed by atoms with E-state index < -0.39 is 11.7 Å². The van der Waals surface area contributed by atoms with E-state index in [9.17, 15) is 9.18 Å². The minimum atomic E-state index is -0.657. The van der Waals surface area contributed by atoms with Gasteiger partial charge in [-0.3, -0.25) is 4.79 Å². The van der Waals surface area contributed by atoms with Gasteiger partial charge < -0.3 is 10.5 Å². The van der Waals surface area contributed by atoms with E-state index in [1.165, 1.54) is 43.4 Å². The first-order valence-electron chi connectivity index (χ1n) is 8.47. The summed E-state index contributed by atoms with van der Waals surface area (Å²) in [7, 11) is 0. The third-order valence-electron chi connectivity index (χ3n) is 5.49. The molecule has 3 atom stereocenters. The molecule has 0 saturated heterocycles. The monoisotopic (exact) mass is 325 g/mol. The number of rotatable bonds is 4. The van der Waals surface area contributed by atoms with Crippen molar-refractivity contribution in [1.82, 2.24) is 0 Å². The molecular formula is C20H20FNO2. The summed E-state index contributed by atoms with van der Waals surface area (Å²) in [5.74, 6) is 1.85. The number of benzene rings is 2. The molecule has 3 nitrogen and oxygen atoms in total. The van der Waals surface area contributed by atoms with Crippen molar-refractivity contribution >= 4 is 5.91 Å². The van der Waals surface area contributed by atoms with Gasteiger partial charge in [0.1, 0.15) is 5.75 Å². The van der Waals surface area contributed by atoms with Crippen LogP contribution in [0.1, 0.15) is 47.5 Å². The Bertz CT molecular complexity index is 772. The Labute approximate surface area is 140 Å².